The van der Waals surface area contributed by atoms with Crippen LogP contribution in [0.4, 0.5) is 13.2 Å². The van der Waals surface area contributed by atoms with Gasteiger partial charge in [-0.2, -0.15) is 13.2 Å². The van der Waals surface area contributed by atoms with Crippen LogP contribution < -0.4 is 10.6 Å². The molecule has 3 nitrogen and oxygen atoms in total. The molecular formula is C8H12ClF3N2O. The first-order valence-electron chi connectivity index (χ1n) is 4.50. The van der Waals surface area contributed by atoms with E-state index in [-0.39, 0.29) is 24.4 Å². The number of carbonyl (C=O) groups is 1. The Kier molecular flexibility index (Phi) is 3.21. The van der Waals surface area contributed by atoms with Gasteiger partial charge in [0.25, 0.3) is 0 Å². The summed E-state index contributed by atoms with van der Waals surface area (Å²) >= 11 is 0. The number of hydrogen-bond donors (Lipinski definition) is 2. The maximum absolute atomic E-state index is 11.8. The molecule has 0 spiro atoms. The highest BCUT2D eigenvalue weighted by molar-refractivity contribution is 5.85. The van der Waals surface area contributed by atoms with Gasteiger partial charge in [0.05, 0.1) is 0 Å². The summed E-state index contributed by atoms with van der Waals surface area (Å²) in [7, 11) is 0. The Hall–Kier alpha value is -0.490. The van der Waals surface area contributed by atoms with Crippen molar-refractivity contribution in [2.75, 3.05) is 13.1 Å². The topological polar surface area (TPSA) is 41.1 Å². The second-order valence-electron chi connectivity index (χ2n) is 4.17. The van der Waals surface area contributed by atoms with Gasteiger partial charge in [-0.05, 0) is 12.8 Å². The monoisotopic (exact) mass is 244 g/mol. The fourth-order valence-electron chi connectivity index (χ4n) is 2.21. The van der Waals surface area contributed by atoms with Gasteiger partial charge in [-0.3, -0.25) is 4.79 Å². The zero-order valence-electron chi connectivity index (χ0n) is 7.86. The number of alkyl halides is 3. The number of rotatable bonds is 2. The molecule has 0 radical (unpaired) electrons. The largest absolute Gasteiger partial charge is 0.471 e. The van der Waals surface area contributed by atoms with Crippen LogP contribution in [0.1, 0.15) is 12.8 Å². The summed E-state index contributed by atoms with van der Waals surface area (Å²) in [6, 6.07) is 0.456. The Morgan fingerprint density at radius 3 is 2.47 bits per heavy atom. The van der Waals surface area contributed by atoms with Crippen LogP contribution in [0.25, 0.3) is 0 Å². The predicted molar refractivity (Wildman–Crippen MR) is 49.8 cm³/mol. The highest BCUT2D eigenvalue weighted by Gasteiger charge is 2.51. The van der Waals surface area contributed by atoms with Crippen LogP contribution in [0.5, 0.6) is 0 Å². The molecule has 2 saturated heterocycles. The predicted octanol–water partition coefficient (Wildman–Crippen LogP) is 0.839. The first-order chi connectivity index (χ1) is 6.41. The van der Waals surface area contributed by atoms with Gasteiger partial charge in [0.1, 0.15) is 0 Å². The van der Waals surface area contributed by atoms with Crippen LogP contribution in [-0.4, -0.2) is 31.2 Å². The summed E-state index contributed by atoms with van der Waals surface area (Å²) in [6.45, 7) is 0.852. The molecule has 2 heterocycles. The Morgan fingerprint density at radius 2 is 2.07 bits per heavy atom. The van der Waals surface area contributed by atoms with Crippen molar-refractivity contribution in [2.24, 2.45) is 5.41 Å². The van der Waals surface area contributed by atoms with Crippen LogP contribution >= 0.6 is 12.4 Å². The molecule has 0 unspecified atom stereocenters. The number of amides is 1. The third kappa shape index (κ3) is 2.36. The van der Waals surface area contributed by atoms with Crippen LogP contribution in [0.3, 0.4) is 0 Å². The van der Waals surface area contributed by atoms with E-state index in [1.165, 1.54) is 0 Å². The molecule has 1 amide bonds. The summed E-state index contributed by atoms with van der Waals surface area (Å²) in [5.74, 6) is -1.83. The van der Waals surface area contributed by atoms with E-state index in [0.717, 1.165) is 19.4 Å². The molecule has 0 aromatic heterocycles. The quantitative estimate of drug-likeness (QED) is 0.756. The molecule has 1 aliphatic carbocycles. The minimum atomic E-state index is -4.76. The number of halogens is 4. The van der Waals surface area contributed by atoms with E-state index in [1.54, 1.807) is 0 Å². The van der Waals surface area contributed by atoms with Crippen LogP contribution in [0.15, 0.2) is 0 Å². The zero-order valence-corrected chi connectivity index (χ0v) is 8.67. The zero-order chi connectivity index (χ0) is 10.4. The van der Waals surface area contributed by atoms with Gasteiger partial charge in [0, 0.05) is 24.5 Å². The van der Waals surface area contributed by atoms with E-state index in [1.807, 2.05) is 5.32 Å². The number of carbonyl (C=O) groups excluding carboxylic acids is 1. The molecule has 3 fully saturated rings. The van der Waals surface area contributed by atoms with Crippen molar-refractivity contribution < 1.29 is 18.0 Å². The summed E-state index contributed by atoms with van der Waals surface area (Å²) < 4.78 is 35.5. The van der Waals surface area contributed by atoms with Gasteiger partial charge < -0.3 is 10.6 Å². The van der Waals surface area contributed by atoms with Crippen molar-refractivity contribution in [2.45, 2.75) is 25.1 Å². The van der Waals surface area contributed by atoms with Gasteiger partial charge in [-0.25, -0.2) is 0 Å². The minimum Gasteiger partial charge on any atom is -0.348 e. The van der Waals surface area contributed by atoms with Gasteiger partial charge in [-0.1, -0.05) is 0 Å². The molecular weight excluding hydrogens is 233 g/mol. The first-order valence-corrected chi connectivity index (χ1v) is 4.50. The van der Waals surface area contributed by atoms with Gasteiger partial charge in [-0.15, -0.1) is 12.4 Å². The van der Waals surface area contributed by atoms with Crippen LogP contribution in [0.2, 0.25) is 0 Å². The molecule has 1 saturated carbocycles. The maximum atomic E-state index is 11.8. The second-order valence-corrected chi connectivity index (χ2v) is 4.17. The third-order valence-electron chi connectivity index (χ3n) is 3.01. The van der Waals surface area contributed by atoms with Crippen LogP contribution in [0, 0.1) is 5.41 Å². The van der Waals surface area contributed by atoms with E-state index in [2.05, 4.69) is 5.32 Å². The van der Waals surface area contributed by atoms with Crippen molar-refractivity contribution >= 4 is 18.3 Å². The summed E-state index contributed by atoms with van der Waals surface area (Å²) in [4.78, 5) is 10.5. The minimum absolute atomic E-state index is 0. The number of hydrogen-bond acceptors (Lipinski definition) is 2. The highest BCUT2D eigenvalue weighted by Crippen LogP contribution is 2.45. The van der Waals surface area contributed by atoms with E-state index >= 15 is 0 Å². The van der Waals surface area contributed by atoms with Gasteiger partial charge >= 0.3 is 12.1 Å². The smallest absolute Gasteiger partial charge is 0.348 e. The van der Waals surface area contributed by atoms with Crippen molar-refractivity contribution in [3.63, 3.8) is 0 Å². The molecule has 0 aromatic rings. The highest BCUT2D eigenvalue weighted by atomic mass is 35.5. The van der Waals surface area contributed by atoms with Crippen molar-refractivity contribution in [3.05, 3.63) is 0 Å². The summed E-state index contributed by atoms with van der Waals surface area (Å²) in [6.07, 6.45) is -3.00. The van der Waals surface area contributed by atoms with E-state index in [9.17, 15) is 18.0 Å². The molecule has 0 aromatic carbocycles. The van der Waals surface area contributed by atoms with E-state index in [0.29, 0.717) is 6.04 Å². The van der Waals surface area contributed by atoms with Crippen molar-refractivity contribution in [1.29, 1.82) is 0 Å². The SMILES string of the molecule is Cl.O=C(NCC12CNC(C1)C2)C(F)(F)F. The van der Waals surface area contributed by atoms with Crippen molar-refractivity contribution in [1.82, 2.24) is 10.6 Å². The Balaban J connectivity index is 0.00000112. The molecule has 3 aliphatic rings. The molecule has 2 N–H and O–H groups in total. The Labute approximate surface area is 91.2 Å². The lowest BCUT2D eigenvalue weighted by Gasteiger charge is -2.36. The standard InChI is InChI=1S/C8H11F3N2O.ClH/c9-8(10,11)6(14)13-4-7-1-5(2-7)12-3-7;/h5,12H,1-4H2,(H,13,14);1H. The Bertz CT molecular complexity index is 258. The normalized spacial score (nSPS) is 32.9. The van der Waals surface area contributed by atoms with E-state index in [4.69, 9.17) is 0 Å². The molecule has 15 heavy (non-hydrogen) atoms. The lowest BCUT2D eigenvalue weighted by molar-refractivity contribution is -0.174. The maximum Gasteiger partial charge on any atom is 0.471 e. The summed E-state index contributed by atoms with van der Waals surface area (Å²) in [5, 5.41) is 5.10. The fourth-order valence-corrected chi connectivity index (χ4v) is 2.21. The first kappa shape index (κ1) is 12.6. The molecule has 7 heteroatoms. The molecule has 2 bridgehead atoms. The van der Waals surface area contributed by atoms with Crippen LogP contribution in [-0.2, 0) is 4.79 Å². The average Bonchev–Trinajstić information content (AvgIpc) is 2.55. The fraction of sp³-hybridized carbons (Fsp3) is 0.875. The van der Waals surface area contributed by atoms with E-state index < -0.39 is 12.1 Å². The lowest BCUT2D eigenvalue weighted by atomic mass is 9.70. The second kappa shape index (κ2) is 3.83. The molecule has 3 rings (SSSR count). The third-order valence-corrected chi connectivity index (χ3v) is 3.01. The molecule has 88 valence electrons. The summed E-state index contributed by atoms with van der Waals surface area (Å²) in [5.41, 5.74) is -0.106. The number of fused-ring (bicyclic) bond motifs is 1. The average molecular weight is 245 g/mol. The number of nitrogens with one attached hydrogen (secondary N) is 2. The molecule has 2 aliphatic heterocycles. The van der Waals surface area contributed by atoms with Gasteiger partial charge in [0.2, 0.25) is 0 Å². The Morgan fingerprint density at radius 1 is 1.47 bits per heavy atom. The lowest BCUT2D eigenvalue weighted by Crippen LogP contribution is -2.47. The van der Waals surface area contributed by atoms with Gasteiger partial charge in [0.15, 0.2) is 0 Å². The molecule has 0 atom stereocenters. The van der Waals surface area contributed by atoms with Crippen molar-refractivity contribution in [3.8, 4) is 0 Å².